The molecule has 17 atom stereocenters. The monoisotopic (exact) mass is 1150 g/mol. The van der Waals surface area contributed by atoms with Gasteiger partial charge in [0, 0.05) is 6.42 Å². The molecule has 17 unspecified atom stereocenters. The van der Waals surface area contributed by atoms with Gasteiger partial charge in [-0.3, -0.25) is 4.79 Å². The minimum absolute atomic E-state index is 0.212. The van der Waals surface area contributed by atoms with E-state index in [1.165, 1.54) is 19.3 Å². The molecule has 0 aromatic heterocycles. The van der Waals surface area contributed by atoms with Crippen molar-refractivity contribution >= 4 is 5.91 Å². The van der Waals surface area contributed by atoms with Crippen molar-refractivity contribution in [2.24, 2.45) is 0 Å². The lowest BCUT2D eigenvalue weighted by Gasteiger charge is -2.48. The molecule has 0 saturated carbocycles. The van der Waals surface area contributed by atoms with Crippen LogP contribution in [0.4, 0.5) is 0 Å². The molecular weight excluding hydrogens is 1050 g/mol. The molecule has 3 aliphatic rings. The fourth-order valence-electron chi connectivity index (χ4n) is 9.42. The van der Waals surface area contributed by atoms with Crippen molar-refractivity contribution in [1.29, 1.82) is 0 Å². The molecule has 3 rings (SSSR count). The topological polar surface area (TPSA) is 307 Å². The normalized spacial score (nSPS) is 30.5. The van der Waals surface area contributed by atoms with Gasteiger partial charge in [-0.05, 0) is 89.9 Å². The maximum absolute atomic E-state index is 13.3. The molecular formula is C62H103NO18. The van der Waals surface area contributed by atoms with Gasteiger partial charge in [-0.25, -0.2) is 0 Å². The van der Waals surface area contributed by atoms with Crippen molar-refractivity contribution in [2.75, 3.05) is 26.4 Å². The largest absolute Gasteiger partial charge is 0.394 e. The number of hydrogen-bond acceptors (Lipinski definition) is 18. The molecule has 19 nitrogen and oxygen atoms in total. The third-order valence-corrected chi connectivity index (χ3v) is 14.3. The van der Waals surface area contributed by atoms with Crippen LogP contribution < -0.4 is 5.32 Å². The number of unbranched alkanes of at least 4 members (excludes halogenated alkanes) is 12. The third-order valence-electron chi connectivity index (χ3n) is 14.3. The summed E-state index contributed by atoms with van der Waals surface area (Å²) in [4.78, 5) is 13.3. The van der Waals surface area contributed by atoms with Crippen LogP contribution in [-0.2, 0) is 33.2 Å². The number of allylic oxidation sites excluding steroid dienone is 15. The van der Waals surface area contributed by atoms with Crippen LogP contribution in [0.15, 0.2) is 97.2 Å². The molecule has 3 aliphatic heterocycles. The van der Waals surface area contributed by atoms with E-state index in [4.69, 9.17) is 28.4 Å². The van der Waals surface area contributed by atoms with Gasteiger partial charge in [0.1, 0.15) is 73.2 Å². The van der Waals surface area contributed by atoms with E-state index in [9.17, 15) is 61.0 Å². The predicted octanol–water partition coefficient (Wildman–Crippen LogP) is 5.37. The van der Waals surface area contributed by atoms with E-state index in [1.807, 2.05) is 6.08 Å². The average molecular weight is 1150 g/mol. The molecule has 0 aromatic carbocycles. The number of rotatable bonds is 42. The molecule has 1 amide bonds. The molecule has 3 fully saturated rings. The zero-order valence-corrected chi connectivity index (χ0v) is 48.2. The van der Waals surface area contributed by atoms with Gasteiger partial charge >= 0.3 is 0 Å². The van der Waals surface area contributed by atoms with Crippen LogP contribution >= 0.6 is 0 Å². The lowest BCUT2D eigenvalue weighted by atomic mass is 9.96. The number of amides is 1. The second-order valence-electron chi connectivity index (χ2n) is 21.1. The summed E-state index contributed by atoms with van der Waals surface area (Å²) in [6.45, 7) is 1.50. The van der Waals surface area contributed by atoms with Crippen LogP contribution in [0.3, 0.4) is 0 Å². The number of aliphatic hydroxyl groups excluding tert-OH is 11. The van der Waals surface area contributed by atoms with Gasteiger partial charge in [0.15, 0.2) is 18.9 Å². The molecule has 0 radical (unpaired) electrons. The summed E-state index contributed by atoms with van der Waals surface area (Å²) in [5.41, 5.74) is 0. The van der Waals surface area contributed by atoms with Gasteiger partial charge in [-0.2, -0.15) is 0 Å². The molecule has 12 N–H and O–H groups in total. The van der Waals surface area contributed by atoms with E-state index >= 15 is 0 Å². The maximum Gasteiger partial charge on any atom is 0.220 e. The van der Waals surface area contributed by atoms with Crippen molar-refractivity contribution in [3.8, 4) is 0 Å². The lowest BCUT2D eigenvalue weighted by Crippen LogP contribution is -2.66. The van der Waals surface area contributed by atoms with Crippen LogP contribution in [0.1, 0.15) is 155 Å². The van der Waals surface area contributed by atoms with Crippen molar-refractivity contribution in [1.82, 2.24) is 5.32 Å². The summed E-state index contributed by atoms with van der Waals surface area (Å²) < 4.78 is 34.2. The summed E-state index contributed by atoms with van der Waals surface area (Å²) in [6, 6.07) is -1.01. The first-order valence-electron chi connectivity index (χ1n) is 30.0. The lowest BCUT2D eigenvalue weighted by molar-refractivity contribution is -0.379. The van der Waals surface area contributed by atoms with Crippen LogP contribution in [0.2, 0.25) is 0 Å². The van der Waals surface area contributed by atoms with Crippen molar-refractivity contribution < 1.29 is 89.4 Å². The molecule has 0 bridgehead atoms. The molecule has 3 saturated heterocycles. The standard InChI is InChI=1S/C62H103NO18/c1-3-5-7-9-11-13-15-17-18-19-20-21-22-23-24-25-26-28-30-32-34-36-38-40-50(68)63-45(46(67)39-37-35-33-31-29-27-16-14-12-10-8-6-4-2)44-76-60-56(74)53(71)58(48(42-65)78-60)81-62-57(75)54(72)59(49(43-66)79-62)80-61-55(73)52(70)51(69)47(41-64)77-61/h5,7,11-14,17-18,20-21,23-24,29,31,37,39,45-49,51-62,64-67,69-75H,3-4,6,8-10,15-16,19,22,25-28,30,32-36,38,40-44H2,1-2H3,(H,63,68)/b7-5-,13-11-,14-12+,18-17-,21-20-,24-23-,31-29+,39-37+. The number of aliphatic hydroxyl groups is 11. The first-order chi connectivity index (χ1) is 39.3. The van der Waals surface area contributed by atoms with Crippen LogP contribution in [0.25, 0.3) is 0 Å². The van der Waals surface area contributed by atoms with E-state index in [0.717, 1.165) is 103 Å². The second-order valence-corrected chi connectivity index (χ2v) is 21.1. The minimum Gasteiger partial charge on any atom is -0.394 e. The van der Waals surface area contributed by atoms with Gasteiger partial charge in [0.2, 0.25) is 5.91 Å². The highest BCUT2D eigenvalue weighted by Gasteiger charge is 2.53. The zero-order valence-electron chi connectivity index (χ0n) is 48.2. The minimum atomic E-state index is -1.99. The summed E-state index contributed by atoms with van der Waals surface area (Å²) >= 11 is 0. The molecule has 464 valence electrons. The van der Waals surface area contributed by atoms with Gasteiger partial charge in [0.25, 0.3) is 0 Å². The van der Waals surface area contributed by atoms with Crippen LogP contribution in [0.5, 0.6) is 0 Å². The van der Waals surface area contributed by atoms with Crippen molar-refractivity contribution in [2.45, 2.75) is 259 Å². The Kier molecular flexibility index (Phi) is 39.3. The highest BCUT2D eigenvalue weighted by atomic mass is 16.8. The van der Waals surface area contributed by atoms with Crippen LogP contribution in [0, 0.1) is 0 Å². The first kappa shape index (κ1) is 72.0. The van der Waals surface area contributed by atoms with Gasteiger partial charge in [-0.1, -0.05) is 156 Å². The summed E-state index contributed by atoms with van der Waals surface area (Å²) in [5.74, 6) is -0.308. The summed E-state index contributed by atoms with van der Waals surface area (Å²) in [5, 5.41) is 120. The average Bonchev–Trinajstić information content (AvgIpc) is 3.57. The maximum atomic E-state index is 13.3. The number of carbonyl (C=O) groups is 1. The Morgan fingerprint density at radius 1 is 0.457 bits per heavy atom. The second kappa shape index (κ2) is 44.2. The summed E-state index contributed by atoms with van der Waals surface area (Å²) in [7, 11) is 0. The van der Waals surface area contributed by atoms with Gasteiger partial charge in [0.05, 0.1) is 38.6 Å². The Labute approximate surface area is 482 Å². The highest BCUT2D eigenvalue weighted by molar-refractivity contribution is 5.76. The van der Waals surface area contributed by atoms with E-state index in [0.29, 0.717) is 12.8 Å². The zero-order chi connectivity index (χ0) is 59.0. The quantitative estimate of drug-likeness (QED) is 0.0270. The van der Waals surface area contributed by atoms with Crippen molar-refractivity contribution in [3.05, 3.63) is 97.2 Å². The Morgan fingerprint density at radius 3 is 1.38 bits per heavy atom. The van der Waals surface area contributed by atoms with E-state index in [-0.39, 0.29) is 18.9 Å². The molecule has 19 heteroatoms. The smallest absolute Gasteiger partial charge is 0.220 e. The first-order valence-corrected chi connectivity index (χ1v) is 30.0. The highest BCUT2D eigenvalue weighted by Crippen LogP contribution is 2.33. The fourth-order valence-corrected chi connectivity index (χ4v) is 9.42. The van der Waals surface area contributed by atoms with E-state index in [1.54, 1.807) is 6.08 Å². The SMILES string of the molecule is CC/C=C\C/C=C\C/C=C\C/C=C\C/C=C\CCCCCCCCCC(=O)NC(COC1OC(CO)C(OC2OC(CO)C(OC3OC(CO)C(O)C(O)C3O)C(O)C2O)C(O)C1O)C(O)/C=C/CC/C=C/CC/C=C/CCCCC. The Balaban J connectivity index is 1.50. The van der Waals surface area contributed by atoms with E-state index in [2.05, 4.69) is 104 Å². The fraction of sp³-hybridized carbons (Fsp3) is 0.726. The Bertz CT molecular complexity index is 1850. The number of hydrogen-bond donors (Lipinski definition) is 12. The number of nitrogens with one attached hydrogen (secondary N) is 1. The number of ether oxygens (including phenoxy) is 6. The van der Waals surface area contributed by atoms with Gasteiger partial charge < -0.3 is 89.9 Å². The molecule has 3 heterocycles. The molecule has 0 aromatic rings. The Hall–Kier alpha value is -3.29. The van der Waals surface area contributed by atoms with Crippen LogP contribution in [-0.4, -0.2) is 193 Å². The Morgan fingerprint density at radius 2 is 0.864 bits per heavy atom. The van der Waals surface area contributed by atoms with E-state index < -0.39 is 124 Å². The molecule has 81 heavy (non-hydrogen) atoms. The predicted molar refractivity (Wildman–Crippen MR) is 309 cm³/mol. The third kappa shape index (κ3) is 28.0. The van der Waals surface area contributed by atoms with Gasteiger partial charge in [-0.15, -0.1) is 0 Å². The summed E-state index contributed by atoms with van der Waals surface area (Å²) in [6.07, 6.45) is 28.2. The number of carbonyl (C=O) groups excluding carboxylic acids is 1. The molecule has 0 spiro atoms. The molecule has 0 aliphatic carbocycles. The van der Waals surface area contributed by atoms with Crippen molar-refractivity contribution in [3.63, 3.8) is 0 Å².